The fourth-order valence-corrected chi connectivity index (χ4v) is 2.44. The molecule has 1 rings (SSSR count). The summed E-state index contributed by atoms with van der Waals surface area (Å²) in [6.45, 7) is 1.97. The molecular formula is C14H19Cl2NO. The SMILES string of the molecule is CCC(CCl)(CCl)NC(=O)CCc1ccccc1. The first-order valence-corrected chi connectivity index (χ1v) is 7.19. The Labute approximate surface area is 119 Å². The van der Waals surface area contributed by atoms with E-state index in [0.717, 1.165) is 18.4 Å². The number of carbonyl (C=O) groups is 1. The van der Waals surface area contributed by atoms with Crippen LogP contribution in [0, 0.1) is 0 Å². The van der Waals surface area contributed by atoms with Gasteiger partial charge in [0.15, 0.2) is 0 Å². The van der Waals surface area contributed by atoms with Crippen LogP contribution in [0.25, 0.3) is 0 Å². The zero-order valence-electron chi connectivity index (χ0n) is 10.6. The van der Waals surface area contributed by atoms with Crippen LogP contribution in [0.4, 0.5) is 0 Å². The first-order valence-electron chi connectivity index (χ1n) is 6.12. The summed E-state index contributed by atoms with van der Waals surface area (Å²) in [7, 11) is 0. The molecule has 0 saturated heterocycles. The second kappa shape index (κ2) is 7.65. The van der Waals surface area contributed by atoms with Gasteiger partial charge < -0.3 is 5.32 Å². The summed E-state index contributed by atoms with van der Waals surface area (Å²) in [5.74, 6) is 0.677. The summed E-state index contributed by atoms with van der Waals surface area (Å²) < 4.78 is 0. The lowest BCUT2D eigenvalue weighted by molar-refractivity contribution is -0.122. The van der Waals surface area contributed by atoms with E-state index in [2.05, 4.69) is 5.32 Å². The topological polar surface area (TPSA) is 29.1 Å². The average molecular weight is 288 g/mol. The zero-order chi connectivity index (χ0) is 13.4. The van der Waals surface area contributed by atoms with Crippen molar-refractivity contribution in [1.82, 2.24) is 5.32 Å². The fourth-order valence-electron chi connectivity index (χ4n) is 1.64. The van der Waals surface area contributed by atoms with Gasteiger partial charge in [0.2, 0.25) is 5.91 Å². The molecule has 0 saturated carbocycles. The quantitative estimate of drug-likeness (QED) is 0.766. The maximum absolute atomic E-state index is 11.9. The Morgan fingerprint density at radius 3 is 2.33 bits per heavy atom. The van der Waals surface area contributed by atoms with Gasteiger partial charge >= 0.3 is 0 Å². The van der Waals surface area contributed by atoms with E-state index in [1.165, 1.54) is 0 Å². The van der Waals surface area contributed by atoms with Crippen molar-refractivity contribution in [2.45, 2.75) is 31.7 Å². The van der Waals surface area contributed by atoms with Crippen LogP contribution < -0.4 is 5.32 Å². The van der Waals surface area contributed by atoms with Crippen molar-refractivity contribution in [3.05, 3.63) is 35.9 Å². The highest BCUT2D eigenvalue weighted by Crippen LogP contribution is 2.15. The molecule has 0 unspecified atom stereocenters. The van der Waals surface area contributed by atoms with E-state index in [4.69, 9.17) is 23.2 Å². The van der Waals surface area contributed by atoms with Crippen LogP contribution >= 0.6 is 23.2 Å². The Kier molecular flexibility index (Phi) is 6.51. The Morgan fingerprint density at radius 2 is 1.83 bits per heavy atom. The third kappa shape index (κ3) is 4.51. The first kappa shape index (κ1) is 15.3. The van der Waals surface area contributed by atoms with E-state index < -0.39 is 5.54 Å². The molecule has 0 aliphatic heterocycles. The van der Waals surface area contributed by atoms with Gasteiger partial charge in [0.1, 0.15) is 0 Å². The lowest BCUT2D eigenvalue weighted by atomic mass is 10.0. The number of alkyl halides is 2. The highest BCUT2D eigenvalue weighted by molar-refractivity contribution is 6.22. The highest BCUT2D eigenvalue weighted by Gasteiger charge is 2.27. The van der Waals surface area contributed by atoms with Crippen LogP contribution in [0.2, 0.25) is 0 Å². The standard InChI is InChI=1S/C14H19Cl2NO/c1-2-14(10-15,11-16)17-13(18)9-8-12-6-4-3-5-7-12/h3-7H,2,8-11H2,1H3,(H,17,18). The van der Waals surface area contributed by atoms with Crippen molar-refractivity contribution < 1.29 is 4.79 Å². The Hall–Kier alpha value is -0.730. The predicted octanol–water partition coefficient (Wildman–Crippen LogP) is 3.36. The van der Waals surface area contributed by atoms with Crippen molar-refractivity contribution >= 4 is 29.1 Å². The van der Waals surface area contributed by atoms with Gasteiger partial charge in [-0.25, -0.2) is 0 Å². The number of benzene rings is 1. The second-order valence-electron chi connectivity index (χ2n) is 4.43. The molecule has 4 heteroatoms. The van der Waals surface area contributed by atoms with E-state index in [1.807, 2.05) is 37.3 Å². The van der Waals surface area contributed by atoms with Crippen molar-refractivity contribution in [3.8, 4) is 0 Å². The number of hydrogen-bond acceptors (Lipinski definition) is 1. The molecule has 1 aromatic rings. The molecule has 0 aliphatic rings. The Balaban J connectivity index is 2.46. The molecule has 0 radical (unpaired) electrons. The van der Waals surface area contributed by atoms with Crippen LogP contribution in [0.15, 0.2) is 30.3 Å². The molecule has 1 aromatic carbocycles. The summed E-state index contributed by atoms with van der Waals surface area (Å²) in [4.78, 5) is 11.9. The van der Waals surface area contributed by atoms with Crippen LogP contribution in [-0.2, 0) is 11.2 Å². The highest BCUT2D eigenvalue weighted by atomic mass is 35.5. The summed E-state index contributed by atoms with van der Waals surface area (Å²) >= 11 is 11.8. The minimum atomic E-state index is -0.475. The Bertz CT molecular complexity index is 355. The largest absolute Gasteiger partial charge is 0.348 e. The minimum Gasteiger partial charge on any atom is -0.348 e. The van der Waals surface area contributed by atoms with Crippen LogP contribution in [0.5, 0.6) is 0 Å². The van der Waals surface area contributed by atoms with E-state index in [1.54, 1.807) is 0 Å². The molecule has 0 bridgehead atoms. The molecule has 2 nitrogen and oxygen atoms in total. The summed E-state index contributed by atoms with van der Waals surface area (Å²) in [6.07, 6.45) is 1.92. The molecule has 0 heterocycles. The lowest BCUT2D eigenvalue weighted by Gasteiger charge is -2.29. The van der Waals surface area contributed by atoms with Crippen molar-refractivity contribution in [2.75, 3.05) is 11.8 Å². The smallest absolute Gasteiger partial charge is 0.220 e. The molecule has 0 fully saturated rings. The predicted molar refractivity (Wildman–Crippen MR) is 77.4 cm³/mol. The number of aryl methyl sites for hydroxylation is 1. The minimum absolute atomic E-state index is 0.00185. The summed E-state index contributed by atoms with van der Waals surface area (Å²) in [5.41, 5.74) is 0.683. The molecule has 1 amide bonds. The average Bonchev–Trinajstić information content (AvgIpc) is 2.44. The Morgan fingerprint density at radius 1 is 1.22 bits per heavy atom. The van der Waals surface area contributed by atoms with Gasteiger partial charge in [0, 0.05) is 18.2 Å². The van der Waals surface area contributed by atoms with Crippen LogP contribution in [0.1, 0.15) is 25.3 Å². The molecule has 0 spiro atoms. The number of amides is 1. The summed E-state index contributed by atoms with van der Waals surface area (Å²) in [5, 5.41) is 2.95. The van der Waals surface area contributed by atoms with E-state index in [-0.39, 0.29) is 5.91 Å². The summed E-state index contributed by atoms with van der Waals surface area (Å²) in [6, 6.07) is 9.95. The number of hydrogen-bond donors (Lipinski definition) is 1. The number of nitrogens with one attached hydrogen (secondary N) is 1. The third-order valence-corrected chi connectivity index (χ3v) is 4.10. The van der Waals surface area contributed by atoms with Gasteiger partial charge in [-0.2, -0.15) is 0 Å². The van der Waals surface area contributed by atoms with Gasteiger partial charge in [-0.3, -0.25) is 4.79 Å². The van der Waals surface area contributed by atoms with Gasteiger partial charge in [-0.05, 0) is 18.4 Å². The van der Waals surface area contributed by atoms with Gasteiger partial charge in [0.25, 0.3) is 0 Å². The third-order valence-electron chi connectivity index (χ3n) is 3.08. The monoisotopic (exact) mass is 287 g/mol. The second-order valence-corrected chi connectivity index (χ2v) is 4.97. The van der Waals surface area contributed by atoms with Gasteiger partial charge in [-0.1, -0.05) is 37.3 Å². The maximum atomic E-state index is 11.9. The lowest BCUT2D eigenvalue weighted by Crippen LogP contribution is -2.51. The van der Waals surface area contributed by atoms with E-state index in [9.17, 15) is 4.79 Å². The molecule has 1 N–H and O–H groups in total. The molecule has 0 aliphatic carbocycles. The zero-order valence-corrected chi connectivity index (χ0v) is 12.1. The van der Waals surface area contributed by atoms with Crippen molar-refractivity contribution in [2.24, 2.45) is 0 Å². The molecule has 0 atom stereocenters. The van der Waals surface area contributed by atoms with E-state index >= 15 is 0 Å². The molecular weight excluding hydrogens is 269 g/mol. The van der Waals surface area contributed by atoms with Crippen molar-refractivity contribution in [1.29, 1.82) is 0 Å². The fraction of sp³-hybridized carbons (Fsp3) is 0.500. The molecule has 18 heavy (non-hydrogen) atoms. The van der Waals surface area contributed by atoms with Crippen LogP contribution in [-0.4, -0.2) is 23.2 Å². The van der Waals surface area contributed by atoms with Gasteiger partial charge in [-0.15, -0.1) is 23.2 Å². The number of rotatable bonds is 7. The van der Waals surface area contributed by atoms with Gasteiger partial charge in [0.05, 0.1) is 5.54 Å². The molecule has 100 valence electrons. The first-order chi connectivity index (χ1) is 8.65. The number of halogens is 2. The normalized spacial score (nSPS) is 11.3. The van der Waals surface area contributed by atoms with E-state index in [0.29, 0.717) is 18.2 Å². The molecule has 0 aromatic heterocycles. The number of carbonyl (C=O) groups excluding carboxylic acids is 1. The van der Waals surface area contributed by atoms with Crippen molar-refractivity contribution in [3.63, 3.8) is 0 Å². The van der Waals surface area contributed by atoms with Crippen LogP contribution in [0.3, 0.4) is 0 Å². The maximum Gasteiger partial charge on any atom is 0.220 e.